The summed E-state index contributed by atoms with van der Waals surface area (Å²) in [5.74, 6) is 0.822. The van der Waals surface area contributed by atoms with Gasteiger partial charge in [-0.1, -0.05) is 24.3 Å². The molecule has 1 aromatic heterocycles. The molecule has 2 rings (SSSR count). The van der Waals surface area contributed by atoms with Gasteiger partial charge in [-0.15, -0.1) is 0 Å². The molecule has 0 saturated heterocycles. The zero-order valence-corrected chi connectivity index (χ0v) is 13.8. The van der Waals surface area contributed by atoms with Gasteiger partial charge in [0.15, 0.2) is 0 Å². The molecule has 1 aromatic carbocycles. The highest BCUT2D eigenvalue weighted by Crippen LogP contribution is 2.20. The normalized spacial score (nSPS) is 12.1. The number of nitrogens with zero attached hydrogens (tertiary/aromatic N) is 2. The zero-order chi connectivity index (χ0) is 16.7. The van der Waals surface area contributed by atoms with E-state index >= 15 is 0 Å². The molecule has 0 fully saturated rings. The highest BCUT2D eigenvalue weighted by atomic mass is 16.5. The third-order valence-electron chi connectivity index (χ3n) is 3.82. The summed E-state index contributed by atoms with van der Waals surface area (Å²) in [5.41, 5.74) is 2.00. The average molecular weight is 310 g/mol. The van der Waals surface area contributed by atoms with Crippen molar-refractivity contribution in [1.29, 1.82) is 0 Å². The van der Waals surface area contributed by atoms with Gasteiger partial charge in [-0.25, -0.2) is 0 Å². The monoisotopic (exact) mass is 310 g/mol. The van der Waals surface area contributed by atoms with Crippen molar-refractivity contribution in [2.75, 3.05) is 14.2 Å². The smallest absolute Gasteiger partial charge is 0.246 e. The van der Waals surface area contributed by atoms with Crippen LogP contribution < -0.4 is 4.74 Å². The second-order valence-corrected chi connectivity index (χ2v) is 5.43. The second-order valence-electron chi connectivity index (χ2n) is 5.43. The Bertz CT molecular complexity index is 668. The van der Waals surface area contributed by atoms with Crippen LogP contribution in [0.4, 0.5) is 0 Å². The summed E-state index contributed by atoms with van der Waals surface area (Å²) < 4.78 is 5.37. The lowest BCUT2D eigenvalue weighted by atomic mass is 10.0. The molecule has 0 N–H and O–H groups in total. The van der Waals surface area contributed by atoms with Crippen LogP contribution in [0.2, 0.25) is 0 Å². The van der Waals surface area contributed by atoms with Gasteiger partial charge in [-0.05, 0) is 42.7 Å². The number of hydrogen-bond acceptors (Lipinski definition) is 3. The number of hydrogen-bond donors (Lipinski definition) is 0. The minimum Gasteiger partial charge on any atom is -0.496 e. The molecule has 1 amide bonds. The van der Waals surface area contributed by atoms with Crippen molar-refractivity contribution in [2.45, 2.75) is 19.4 Å². The molecule has 23 heavy (non-hydrogen) atoms. The van der Waals surface area contributed by atoms with E-state index in [1.54, 1.807) is 36.6 Å². The molecule has 1 atom stereocenters. The molecule has 0 aliphatic rings. The van der Waals surface area contributed by atoms with Crippen LogP contribution in [0.25, 0.3) is 6.08 Å². The van der Waals surface area contributed by atoms with E-state index in [1.165, 1.54) is 0 Å². The molecule has 0 radical (unpaired) electrons. The number of aromatic nitrogens is 1. The predicted octanol–water partition coefficient (Wildman–Crippen LogP) is 3.19. The van der Waals surface area contributed by atoms with Crippen molar-refractivity contribution in [3.63, 3.8) is 0 Å². The van der Waals surface area contributed by atoms with Crippen LogP contribution in [0.15, 0.2) is 54.9 Å². The van der Waals surface area contributed by atoms with E-state index in [9.17, 15) is 4.79 Å². The number of pyridine rings is 1. The highest BCUT2D eigenvalue weighted by Gasteiger charge is 2.15. The van der Waals surface area contributed by atoms with Crippen LogP contribution in [0, 0.1) is 0 Å². The number of rotatable bonds is 6. The zero-order valence-electron chi connectivity index (χ0n) is 13.8. The van der Waals surface area contributed by atoms with Crippen molar-refractivity contribution in [2.24, 2.45) is 0 Å². The Labute approximate surface area is 137 Å². The Kier molecular flexibility index (Phi) is 5.92. The summed E-state index contributed by atoms with van der Waals surface area (Å²) in [5, 5.41) is 0. The van der Waals surface area contributed by atoms with Gasteiger partial charge < -0.3 is 9.64 Å². The number of para-hydroxylation sites is 1. The lowest BCUT2D eigenvalue weighted by Crippen LogP contribution is -2.35. The molecule has 0 spiro atoms. The van der Waals surface area contributed by atoms with Crippen molar-refractivity contribution in [3.05, 3.63) is 66.0 Å². The summed E-state index contributed by atoms with van der Waals surface area (Å²) in [7, 11) is 3.48. The van der Waals surface area contributed by atoms with Gasteiger partial charge in [0.1, 0.15) is 5.75 Å². The first-order chi connectivity index (χ1) is 11.1. The van der Waals surface area contributed by atoms with Crippen LogP contribution >= 0.6 is 0 Å². The van der Waals surface area contributed by atoms with Crippen molar-refractivity contribution in [3.8, 4) is 5.75 Å². The first-order valence-corrected chi connectivity index (χ1v) is 7.58. The van der Waals surface area contributed by atoms with Gasteiger partial charge in [0.05, 0.1) is 7.11 Å². The van der Waals surface area contributed by atoms with Gasteiger partial charge >= 0.3 is 0 Å². The molecule has 1 heterocycles. The number of benzene rings is 1. The molecular formula is C19H22N2O2. The van der Waals surface area contributed by atoms with Crippen LogP contribution in [0.1, 0.15) is 18.1 Å². The Morgan fingerprint density at radius 2 is 2.09 bits per heavy atom. The van der Waals surface area contributed by atoms with E-state index in [2.05, 4.69) is 4.98 Å². The fourth-order valence-electron chi connectivity index (χ4n) is 2.30. The first-order valence-electron chi connectivity index (χ1n) is 7.58. The van der Waals surface area contributed by atoms with E-state index in [0.717, 1.165) is 23.3 Å². The summed E-state index contributed by atoms with van der Waals surface area (Å²) in [4.78, 5) is 18.1. The number of methoxy groups -OCH3 is 1. The Morgan fingerprint density at radius 3 is 2.78 bits per heavy atom. The van der Waals surface area contributed by atoms with Crippen molar-refractivity contribution >= 4 is 12.0 Å². The molecule has 4 nitrogen and oxygen atoms in total. The SMILES string of the molecule is COc1ccccc1C[C@H](C)N(C)C(=O)/C=C\c1cccnc1. The summed E-state index contributed by atoms with van der Waals surface area (Å²) in [6.07, 6.45) is 7.53. The minimum atomic E-state index is -0.0312. The summed E-state index contributed by atoms with van der Waals surface area (Å²) in [6, 6.07) is 11.7. The maximum absolute atomic E-state index is 12.3. The van der Waals surface area contributed by atoms with Gasteiger partial charge in [-0.2, -0.15) is 0 Å². The molecule has 0 aliphatic heterocycles. The number of carbonyl (C=O) groups is 1. The van der Waals surface area contributed by atoms with E-state index in [-0.39, 0.29) is 11.9 Å². The lowest BCUT2D eigenvalue weighted by molar-refractivity contribution is -0.126. The topological polar surface area (TPSA) is 42.4 Å². The highest BCUT2D eigenvalue weighted by molar-refractivity contribution is 5.91. The van der Waals surface area contributed by atoms with Gasteiger partial charge in [0, 0.05) is 31.6 Å². The fourth-order valence-corrected chi connectivity index (χ4v) is 2.30. The first kappa shape index (κ1) is 16.7. The molecule has 4 heteroatoms. The maximum Gasteiger partial charge on any atom is 0.246 e. The molecule has 0 aliphatic carbocycles. The third kappa shape index (κ3) is 4.68. The Hall–Kier alpha value is -2.62. The van der Waals surface area contributed by atoms with Crippen LogP contribution in [0.3, 0.4) is 0 Å². The standard InChI is InChI=1S/C19H22N2O2/c1-15(13-17-8-4-5-9-18(17)23-3)21(2)19(22)11-10-16-7-6-12-20-14-16/h4-12,14-15H,13H2,1-3H3/b11-10-/t15-/m0/s1. The fraction of sp³-hybridized carbons (Fsp3) is 0.263. The quantitative estimate of drug-likeness (QED) is 0.770. The number of carbonyl (C=O) groups excluding carboxylic acids is 1. The summed E-state index contributed by atoms with van der Waals surface area (Å²) in [6.45, 7) is 2.03. The van der Waals surface area contributed by atoms with Gasteiger partial charge in [0.2, 0.25) is 5.91 Å². The number of ether oxygens (including phenoxy) is 1. The largest absolute Gasteiger partial charge is 0.496 e. The lowest BCUT2D eigenvalue weighted by Gasteiger charge is -2.24. The van der Waals surface area contributed by atoms with Crippen LogP contribution in [-0.2, 0) is 11.2 Å². The van der Waals surface area contributed by atoms with Crippen molar-refractivity contribution < 1.29 is 9.53 Å². The number of amides is 1. The minimum absolute atomic E-state index is 0.0312. The van der Waals surface area contributed by atoms with E-state index in [0.29, 0.717) is 0 Å². The molecular weight excluding hydrogens is 288 g/mol. The third-order valence-corrected chi connectivity index (χ3v) is 3.82. The van der Waals surface area contributed by atoms with Crippen LogP contribution in [-0.4, -0.2) is 36.0 Å². The average Bonchev–Trinajstić information content (AvgIpc) is 2.60. The maximum atomic E-state index is 12.3. The molecule has 0 unspecified atom stereocenters. The molecule has 120 valence electrons. The summed E-state index contributed by atoms with van der Waals surface area (Å²) >= 11 is 0. The van der Waals surface area contributed by atoms with Gasteiger partial charge in [0.25, 0.3) is 0 Å². The molecule has 0 bridgehead atoms. The van der Waals surface area contributed by atoms with Gasteiger partial charge in [-0.3, -0.25) is 9.78 Å². The van der Waals surface area contributed by atoms with Crippen LogP contribution in [0.5, 0.6) is 5.75 Å². The molecule has 0 saturated carbocycles. The van der Waals surface area contributed by atoms with E-state index in [4.69, 9.17) is 4.74 Å². The number of likely N-dealkylation sites (N-methyl/N-ethyl adjacent to an activating group) is 1. The second kappa shape index (κ2) is 8.13. The Morgan fingerprint density at radius 1 is 1.30 bits per heavy atom. The van der Waals surface area contributed by atoms with E-state index in [1.807, 2.05) is 50.4 Å². The Balaban J connectivity index is 2.00. The predicted molar refractivity (Wildman–Crippen MR) is 92.2 cm³/mol. The van der Waals surface area contributed by atoms with Crippen molar-refractivity contribution in [1.82, 2.24) is 9.88 Å². The molecule has 2 aromatic rings. The van der Waals surface area contributed by atoms with E-state index < -0.39 is 0 Å².